The first-order valence-electron chi connectivity index (χ1n) is 6.63. The first-order chi connectivity index (χ1) is 11.1. The number of carbonyl (C=O) groups excluding carboxylic acids is 2. The number of rotatable bonds is 5. The molecule has 0 aliphatic carbocycles. The standard InChI is InChI=1S/C14H12ClF3N2O4/c1-7-4-11(24-14(16,17)18)8(15)5-9(7)19-10-6-12(22)20(2-3-21)13(10)23/h4-6,19,21H,2-3H2,1H3. The molecule has 2 amide bonds. The molecule has 24 heavy (non-hydrogen) atoms. The van der Waals surface area contributed by atoms with Gasteiger partial charge in [-0.05, 0) is 24.6 Å². The van der Waals surface area contributed by atoms with Crippen LogP contribution in [0.5, 0.6) is 5.75 Å². The first kappa shape index (κ1) is 18.1. The second-order valence-corrected chi connectivity index (χ2v) is 5.25. The minimum atomic E-state index is -4.88. The molecular formula is C14H12ClF3N2O4. The topological polar surface area (TPSA) is 78.9 Å². The quantitative estimate of drug-likeness (QED) is 0.783. The van der Waals surface area contributed by atoms with Gasteiger partial charge in [0.25, 0.3) is 11.8 Å². The largest absolute Gasteiger partial charge is 0.573 e. The van der Waals surface area contributed by atoms with E-state index < -0.39 is 23.9 Å². The number of amides is 2. The van der Waals surface area contributed by atoms with Gasteiger partial charge in [0.1, 0.15) is 11.4 Å². The van der Waals surface area contributed by atoms with Gasteiger partial charge in [-0.25, -0.2) is 0 Å². The van der Waals surface area contributed by atoms with E-state index in [1.807, 2.05) is 0 Å². The van der Waals surface area contributed by atoms with Crippen molar-refractivity contribution in [3.63, 3.8) is 0 Å². The second-order valence-electron chi connectivity index (χ2n) is 4.85. The van der Waals surface area contributed by atoms with Crippen molar-refractivity contribution in [2.45, 2.75) is 13.3 Å². The lowest BCUT2D eigenvalue weighted by Gasteiger charge is -2.16. The third kappa shape index (κ3) is 3.98. The fourth-order valence-electron chi connectivity index (χ4n) is 2.05. The number of β-amino-alcohol motifs (C(OH)–C–C–N with tert-alkyl or cyclic N) is 1. The van der Waals surface area contributed by atoms with Gasteiger partial charge < -0.3 is 15.2 Å². The number of anilines is 1. The summed E-state index contributed by atoms with van der Waals surface area (Å²) in [5, 5.41) is 11.2. The molecule has 0 atom stereocenters. The molecular weight excluding hydrogens is 353 g/mol. The smallest absolute Gasteiger partial charge is 0.404 e. The van der Waals surface area contributed by atoms with Gasteiger partial charge in [0.2, 0.25) is 0 Å². The zero-order valence-corrected chi connectivity index (χ0v) is 13.0. The molecule has 0 saturated carbocycles. The number of carbonyl (C=O) groups is 2. The number of nitrogens with one attached hydrogen (secondary N) is 1. The number of ether oxygens (including phenoxy) is 1. The van der Waals surface area contributed by atoms with Crippen LogP contribution in [0, 0.1) is 6.92 Å². The van der Waals surface area contributed by atoms with Crippen LogP contribution in [-0.4, -0.2) is 41.3 Å². The number of halogens is 4. The molecule has 0 bridgehead atoms. The molecule has 0 unspecified atom stereocenters. The number of benzene rings is 1. The third-order valence-electron chi connectivity index (χ3n) is 3.11. The van der Waals surface area contributed by atoms with Crippen molar-refractivity contribution < 1.29 is 32.6 Å². The van der Waals surface area contributed by atoms with Crippen molar-refractivity contribution in [2.24, 2.45) is 0 Å². The summed E-state index contributed by atoms with van der Waals surface area (Å²) in [6.07, 6.45) is -3.85. The number of hydrogen-bond acceptors (Lipinski definition) is 5. The Kier molecular flexibility index (Phi) is 5.05. The van der Waals surface area contributed by atoms with E-state index in [4.69, 9.17) is 16.7 Å². The van der Waals surface area contributed by atoms with E-state index in [0.717, 1.165) is 23.1 Å². The SMILES string of the molecule is Cc1cc(OC(F)(F)F)c(Cl)cc1NC1=CC(=O)N(CCO)C1=O. The van der Waals surface area contributed by atoms with Crippen LogP contribution in [0.2, 0.25) is 5.02 Å². The highest BCUT2D eigenvalue weighted by molar-refractivity contribution is 6.32. The summed E-state index contributed by atoms with van der Waals surface area (Å²) in [6.45, 7) is 0.944. The van der Waals surface area contributed by atoms with Gasteiger partial charge in [0.05, 0.1) is 18.2 Å². The summed E-state index contributed by atoms with van der Waals surface area (Å²) in [5.41, 5.74) is 0.491. The highest BCUT2D eigenvalue weighted by atomic mass is 35.5. The molecule has 0 radical (unpaired) electrons. The minimum absolute atomic E-state index is 0.0721. The van der Waals surface area contributed by atoms with Crippen LogP contribution in [0.3, 0.4) is 0 Å². The Morgan fingerprint density at radius 3 is 2.58 bits per heavy atom. The molecule has 1 aromatic carbocycles. The maximum absolute atomic E-state index is 12.3. The maximum atomic E-state index is 12.3. The van der Waals surface area contributed by atoms with E-state index in [1.54, 1.807) is 0 Å². The summed E-state index contributed by atoms with van der Waals surface area (Å²) >= 11 is 5.76. The Morgan fingerprint density at radius 2 is 2.00 bits per heavy atom. The zero-order chi connectivity index (χ0) is 18.1. The molecule has 6 nitrogen and oxygen atoms in total. The van der Waals surface area contributed by atoms with E-state index in [1.165, 1.54) is 6.92 Å². The molecule has 0 aromatic heterocycles. The highest BCUT2D eigenvalue weighted by Crippen LogP contribution is 2.35. The second kappa shape index (κ2) is 6.70. The number of imide groups is 1. The van der Waals surface area contributed by atoms with Gasteiger partial charge in [-0.15, -0.1) is 13.2 Å². The summed E-state index contributed by atoms with van der Waals surface area (Å²) < 4.78 is 40.6. The fraction of sp³-hybridized carbons (Fsp3) is 0.286. The number of aryl methyl sites for hydroxylation is 1. The van der Waals surface area contributed by atoms with E-state index in [-0.39, 0.29) is 29.6 Å². The van der Waals surface area contributed by atoms with E-state index in [2.05, 4.69) is 10.1 Å². The molecule has 10 heteroatoms. The average molecular weight is 365 g/mol. The summed E-state index contributed by atoms with van der Waals surface area (Å²) in [7, 11) is 0. The zero-order valence-electron chi connectivity index (χ0n) is 12.3. The molecule has 0 fully saturated rings. The lowest BCUT2D eigenvalue weighted by molar-refractivity contribution is -0.274. The first-order valence-corrected chi connectivity index (χ1v) is 7.01. The van der Waals surface area contributed by atoms with Crippen LogP contribution in [0.1, 0.15) is 5.56 Å². The molecule has 1 aliphatic rings. The maximum Gasteiger partial charge on any atom is 0.573 e. The van der Waals surface area contributed by atoms with E-state index in [9.17, 15) is 22.8 Å². The number of aliphatic hydroxyl groups excluding tert-OH is 1. The van der Waals surface area contributed by atoms with Crippen LogP contribution >= 0.6 is 11.6 Å². The van der Waals surface area contributed by atoms with E-state index >= 15 is 0 Å². The van der Waals surface area contributed by atoms with E-state index in [0.29, 0.717) is 5.56 Å². The molecule has 0 saturated heterocycles. The minimum Gasteiger partial charge on any atom is -0.404 e. The van der Waals surface area contributed by atoms with Gasteiger partial charge in [0, 0.05) is 11.8 Å². The van der Waals surface area contributed by atoms with Crippen LogP contribution < -0.4 is 10.1 Å². The van der Waals surface area contributed by atoms with Crippen LogP contribution in [0.25, 0.3) is 0 Å². The summed E-state index contributed by atoms with van der Waals surface area (Å²) in [4.78, 5) is 24.5. The normalized spacial score (nSPS) is 14.9. The Bertz CT molecular complexity index is 719. The molecule has 1 aromatic rings. The number of alkyl halides is 3. The highest BCUT2D eigenvalue weighted by Gasteiger charge is 2.33. The molecule has 2 N–H and O–H groups in total. The van der Waals surface area contributed by atoms with Gasteiger partial charge in [0.15, 0.2) is 0 Å². The van der Waals surface area contributed by atoms with Crippen molar-refractivity contribution in [1.82, 2.24) is 4.90 Å². The number of nitrogens with zero attached hydrogens (tertiary/aromatic N) is 1. The molecule has 2 rings (SSSR count). The summed E-state index contributed by atoms with van der Waals surface area (Å²) in [5.74, 6) is -1.82. The molecule has 1 aliphatic heterocycles. The fourth-order valence-corrected chi connectivity index (χ4v) is 2.25. The van der Waals surface area contributed by atoms with Crippen molar-refractivity contribution in [1.29, 1.82) is 0 Å². The lowest BCUT2D eigenvalue weighted by Crippen LogP contribution is -2.34. The number of aliphatic hydroxyl groups is 1. The molecule has 130 valence electrons. The van der Waals surface area contributed by atoms with Crippen LogP contribution in [0.15, 0.2) is 23.9 Å². The lowest BCUT2D eigenvalue weighted by atomic mass is 10.2. The predicted octanol–water partition coefficient (Wildman–Crippen LogP) is 2.20. The van der Waals surface area contributed by atoms with Crippen molar-refractivity contribution in [3.8, 4) is 5.75 Å². The van der Waals surface area contributed by atoms with Gasteiger partial charge in [-0.3, -0.25) is 14.5 Å². The molecule has 1 heterocycles. The van der Waals surface area contributed by atoms with Crippen LogP contribution in [-0.2, 0) is 9.59 Å². The third-order valence-corrected chi connectivity index (χ3v) is 3.40. The van der Waals surface area contributed by atoms with Crippen LogP contribution in [0.4, 0.5) is 18.9 Å². The summed E-state index contributed by atoms with van der Waals surface area (Å²) in [6, 6.07) is 2.22. The Morgan fingerprint density at radius 1 is 1.33 bits per heavy atom. The van der Waals surface area contributed by atoms with Gasteiger partial charge in [-0.1, -0.05) is 11.6 Å². The number of hydrogen-bond donors (Lipinski definition) is 2. The van der Waals surface area contributed by atoms with Crippen molar-refractivity contribution in [3.05, 3.63) is 34.5 Å². The Balaban J connectivity index is 2.22. The Hall–Kier alpha value is -2.26. The molecule has 0 spiro atoms. The monoisotopic (exact) mass is 364 g/mol. The van der Waals surface area contributed by atoms with Gasteiger partial charge in [-0.2, -0.15) is 0 Å². The predicted molar refractivity (Wildman–Crippen MR) is 78.4 cm³/mol. The van der Waals surface area contributed by atoms with Crippen molar-refractivity contribution in [2.75, 3.05) is 18.5 Å². The Labute approximate surface area is 139 Å². The average Bonchev–Trinajstić information content (AvgIpc) is 2.71. The van der Waals surface area contributed by atoms with Gasteiger partial charge >= 0.3 is 6.36 Å². The van der Waals surface area contributed by atoms with Crippen molar-refractivity contribution >= 4 is 29.1 Å².